The minimum atomic E-state index is -0.165. The molecule has 1 saturated carbocycles. The van der Waals surface area contributed by atoms with Gasteiger partial charge in [0.1, 0.15) is 5.69 Å². The standard InChI is InChI=1S/C20H24N4O2S/c1-13-4-3-5-17(14(13)2)23-8-10-24(11-9-23)20(26)16-12-27-19(22-16)18(25)21-15-6-7-15/h3-5,12,15H,6-11H2,1-2H3,(H,21,25). The number of nitrogens with zero attached hydrogens (tertiary/aromatic N) is 3. The lowest BCUT2D eigenvalue weighted by Gasteiger charge is -2.36. The van der Waals surface area contributed by atoms with Gasteiger partial charge in [-0.3, -0.25) is 9.59 Å². The summed E-state index contributed by atoms with van der Waals surface area (Å²) in [4.78, 5) is 33.3. The van der Waals surface area contributed by atoms with Crippen molar-refractivity contribution in [2.45, 2.75) is 32.7 Å². The number of thiazole rings is 1. The number of hydrogen-bond acceptors (Lipinski definition) is 5. The average molecular weight is 385 g/mol. The highest BCUT2D eigenvalue weighted by Crippen LogP contribution is 2.24. The zero-order valence-corrected chi connectivity index (χ0v) is 16.5. The maximum Gasteiger partial charge on any atom is 0.280 e. The molecule has 2 aromatic rings. The molecule has 142 valence electrons. The van der Waals surface area contributed by atoms with Gasteiger partial charge in [0.2, 0.25) is 0 Å². The van der Waals surface area contributed by atoms with Gasteiger partial charge in [0, 0.05) is 43.3 Å². The second-order valence-electron chi connectivity index (χ2n) is 7.28. The maximum absolute atomic E-state index is 12.8. The highest BCUT2D eigenvalue weighted by atomic mass is 32.1. The maximum atomic E-state index is 12.8. The Morgan fingerprint density at radius 1 is 1.15 bits per heavy atom. The Labute approximate surface area is 163 Å². The summed E-state index contributed by atoms with van der Waals surface area (Å²) in [6.07, 6.45) is 2.07. The van der Waals surface area contributed by atoms with Gasteiger partial charge in [-0.25, -0.2) is 4.98 Å². The van der Waals surface area contributed by atoms with Crippen molar-refractivity contribution < 1.29 is 9.59 Å². The molecule has 0 spiro atoms. The predicted octanol–water partition coefficient (Wildman–Crippen LogP) is 2.61. The highest BCUT2D eigenvalue weighted by Gasteiger charge is 2.28. The number of carbonyl (C=O) groups is 2. The van der Waals surface area contributed by atoms with Crippen molar-refractivity contribution in [2.24, 2.45) is 0 Å². The third-order valence-electron chi connectivity index (χ3n) is 5.31. The zero-order valence-electron chi connectivity index (χ0n) is 15.7. The van der Waals surface area contributed by atoms with E-state index in [1.807, 2.05) is 4.90 Å². The molecule has 1 aliphatic heterocycles. The van der Waals surface area contributed by atoms with E-state index in [-0.39, 0.29) is 11.8 Å². The van der Waals surface area contributed by atoms with E-state index in [4.69, 9.17) is 0 Å². The summed E-state index contributed by atoms with van der Waals surface area (Å²) >= 11 is 1.24. The molecule has 7 heteroatoms. The fraction of sp³-hybridized carbons (Fsp3) is 0.450. The number of aromatic nitrogens is 1. The average Bonchev–Trinajstić information content (AvgIpc) is 3.35. The number of hydrogen-bond donors (Lipinski definition) is 1. The molecule has 27 heavy (non-hydrogen) atoms. The lowest BCUT2D eigenvalue weighted by atomic mass is 10.1. The number of amides is 2. The Bertz CT molecular complexity index is 867. The number of nitrogens with one attached hydrogen (secondary N) is 1. The Balaban J connectivity index is 1.38. The lowest BCUT2D eigenvalue weighted by Crippen LogP contribution is -2.49. The largest absolute Gasteiger partial charge is 0.368 e. The fourth-order valence-corrected chi connectivity index (χ4v) is 4.04. The fourth-order valence-electron chi connectivity index (χ4n) is 3.34. The van der Waals surface area contributed by atoms with Crippen molar-refractivity contribution in [1.82, 2.24) is 15.2 Å². The Morgan fingerprint density at radius 3 is 2.59 bits per heavy atom. The second kappa shape index (κ2) is 7.31. The van der Waals surface area contributed by atoms with Gasteiger partial charge in [0.05, 0.1) is 0 Å². The molecule has 2 amide bonds. The van der Waals surface area contributed by atoms with Crippen LogP contribution in [0.3, 0.4) is 0 Å². The Kier molecular flexibility index (Phi) is 4.86. The molecule has 1 aromatic carbocycles. The van der Waals surface area contributed by atoms with Gasteiger partial charge in [-0.2, -0.15) is 0 Å². The van der Waals surface area contributed by atoms with Crippen molar-refractivity contribution in [3.63, 3.8) is 0 Å². The van der Waals surface area contributed by atoms with Gasteiger partial charge in [-0.15, -0.1) is 11.3 Å². The van der Waals surface area contributed by atoms with Gasteiger partial charge in [0.25, 0.3) is 11.8 Å². The first-order valence-corrected chi connectivity index (χ1v) is 10.3. The lowest BCUT2D eigenvalue weighted by molar-refractivity contribution is 0.0741. The van der Waals surface area contributed by atoms with Crippen LogP contribution in [0.1, 0.15) is 44.3 Å². The van der Waals surface area contributed by atoms with Crippen molar-refractivity contribution in [1.29, 1.82) is 0 Å². The molecule has 1 aliphatic carbocycles. The van der Waals surface area contributed by atoms with Crippen molar-refractivity contribution >= 4 is 28.8 Å². The number of piperazine rings is 1. The van der Waals surface area contributed by atoms with Gasteiger partial charge < -0.3 is 15.1 Å². The molecule has 1 saturated heterocycles. The van der Waals surface area contributed by atoms with Gasteiger partial charge in [-0.1, -0.05) is 12.1 Å². The molecule has 0 unspecified atom stereocenters. The third kappa shape index (κ3) is 3.83. The summed E-state index contributed by atoms with van der Waals surface area (Å²) in [5.41, 5.74) is 4.20. The quantitative estimate of drug-likeness (QED) is 0.880. The SMILES string of the molecule is Cc1cccc(N2CCN(C(=O)c3csc(C(=O)NC4CC4)n3)CC2)c1C. The number of carbonyl (C=O) groups excluding carboxylic acids is 2. The van der Waals surface area contributed by atoms with Gasteiger partial charge >= 0.3 is 0 Å². The van der Waals surface area contributed by atoms with E-state index in [1.54, 1.807) is 5.38 Å². The molecular formula is C20H24N4O2S. The summed E-state index contributed by atoms with van der Waals surface area (Å²) in [5.74, 6) is -0.251. The minimum Gasteiger partial charge on any atom is -0.368 e. The van der Waals surface area contributed by atoms with E-state index in [0.717, 1.165) is 25.9 Å². The molecule has 1 N–H and O–H groups in total. The van der Waals surface area contributed by atoms with Crippen LogP contribution in [0.5, 0.6) is 0 Å². The molecule has 1 aromatic heterocycles. The van der Waals surface area contributed by atoms with Crippen LogP contribution in [0.15, 0.2) is 23.6 Å². The predicted molar refractivity (Wildman–Crippen MR) is 107 cm³/mol. The van der Waals surface area contributed by atoms with E-state index >= 15 is 0 Å². The monoisotopic (exact) mass is 384 g/mol. The van der Waals surface area contributed by atoms with E-state index in [0.29, 0.717) is 29.8 Å². The molecule has 6 nitrogen and oxygen atoms in total. The molecule has 2 heterocycles. The van der Waals surface area contributed by atoms with Crippen molar-refractivity contribution in [3.8, 4) is 0 Å². The number of anilines is 1. The molecule has 4 rings (SSSR count). The van der Waals surface area contributed by atoms with Crippen LogP contribution in [-0.4, -0.2) is 53.9 Å². The van der Waals surface area contributed by atoms with Crippen LogP contribution in [0.2, 0.25) is 0 Å². The van der Waals surface area contributed by atoms with Gasteiger partial charge in [-0.05, 0) is 43.9 Å². The van der Waals surface area contributed by atoms with Crippen molar-refractivity contribution in [3.05, 3.63) is 45.4 Å². The normalized spacial score (nSPS) is 17.1. The van der Waals surface area contributed by atoms with Crippen LogP contribution < -0.4 is 10.2 Å². The summed E-state index contributed by atoms with van der Waals surface area (Å²) in [6.45, 7) is 7.19. The number of rotatable bonds is 4. The second-order valence-corrected chi connectivity index (χ2v) is 8.14. The summed E-state index contributed by atoms with van der Waals surface area (Å²) in [6, 6.07) is 6.64. The highest BCUT2D eigenvalue weighted by molar-refractivity contribution is 7.11. The van der Waals surface area contributed by atoms with Crippen LogP contribution in [0.4, 0.5) is 5.69 Å². The summed E-state index contributed by atoms with van der Waals surface area (Å²) in [5, 5.41) is 4.98. The molecule has 0 radical (unpaired) electrons. The molecule has 2 fully saturated rings. The molecule has 2 aliphatic rings. The topological polar surface area (TPSA) is 65.5 Å². The van der Waals surface area contributed by atoms with E-state index < -0.39 is 0 Å². The van der Waals surface area contributed by atoms with Crippen LogP contribution in [0, 0.1) is 13.8 Å². The van der Waals surface area contributed by atoms with E-state index in [1.165, 1.54) is 28.2 Å². The molecular weight excluding hydrogens is 360 g/mol. The minimum absolute atomic E-state index is 0.0858. The number of aryl methyl sites for hydroxylation is 1. The number of benzene rings is 1. The van der Waals surface area contributed by atoms with E-state index in [2.05, 4.69) is 47.2 Å². The Hall–Kier alpha value is -2.41. The first kappa shape index (κ1) is 18.0. The summed E-state index contributed by atoms with van der Waals surface area (Å²) in [7, 11) is 0. The van der Waals surface area contributed by atoms with Gasteiger partial charge in [0.15, 0.2) is 5.01 Å². The first-order chi connectivity index (χ1) is 13.0. The van der Waals surface area contributed by atoms with E-state index in [9.17, 15) is 9.59 Å². The smallest absolute Gasteiger partial charge is 0.280 e. The van der Waals surface area contributed by atoms with Crippen LogP contribution in [-0.2, 0) is 0 Å². The van der Waals surface area contributed by atoms with Crippen molar-refractivity contribution in [2.75, 3.05) is 31.1 Å². The molecule has 0 bridgehead atoms. The molecule has 0 atom stereocenters. The zero-order chi connectivity index (χ0) is 19.0. The van der Waals surface area contributed by atoms with Crippen LogP contribution >= 0.6 is 11.3 Å². The third-order valence-corrected chi connectivity index (χ3v) is 6.15. The van der Waals surface area contributed by atoms with Crippen LogP contribution in [0.25, 0.3) is 0 Å². The summed E-state index contributed by atoms with van der Waals surface area (Å²) < 4.78 is 0. The first-order valence-electron chi connectivity index (χ1n) is 9.40. The Morgan fingerprint density at radius 2 is 1.89 bits per heavy atom.